The maximum Gasteiger partial charge on any atom is 0.265 e. The third-order valence-corrected chi connectivity index (χ3v) is 3.12. The smallest absolute Gasteiger partial charge is 0.265 e. The number of nitrogen functional groups attached to an aromatic ring is 1. The van der Waals surface area contributed by atoms with E-state index in [0.717, 1.165) is 19.6 Å². The van der Waals surface area contributed by atoms with Crippen molar-refractivity contribution < 1.29 is 9.53 Å². The van der Waals surface area contributed by atoms with E-state index in [1.165, 1.54) is 0 Å². The molecule has 6 nitrogen and oxygen atoms in total. The molecule has 1 rings (SSSR count). The van der Waals surface area contributed by atoms with Gasteiger partial charge >= 0.3 is 0 Å². The molecule has 1 unspecified atom stereocenters. The molecule has 0 heterocycles. The van der Waals surface area contributed by atoms with Crippen LogP contribution in [0.2, 0.25) is 0 Å². The molecule has 0 saturated carbocycles. The Morgan fingerprint density at radius 2 is 2.14 bits per heavy atom. The summed E-state index contributed by atoms with van der Waals surface area (Å²) in [6, 6.07) is 9.02. The highest BCUT2D eigenvalue weighted by molar-refractivity contribution is 5.93. The van der Waals surface area contributed by atoms with Gasteiger partial charge in [-0.25, -0.2) is 5.84 Å². The fourth-order valence-electron chi connectivity index (χ4n) is 1.89. The Balaban J connectivity index is 2.41. The van der Waals surface area contributed by atoms with E-state index in [1.54, 1.807) is 24.3 Å². The minimum atomic E-state index is -0.329. The average molecular weight is 290 g/mol. The standard InChI is InChI=1S/C15H22N4O2/c1-3-19(11-12(2)10-16)8-9-21-14-6-4-13(5-7-14)15(20)18-17/h4-7,12H,3,8-9,11,17H2,1-2H3,(H,18,20). The monoisotopic (exact) mass is 290 g/mol. The van der Waals surface area contributed by atoms with Gasteiger partial charge in [0.15, 0.2) is 0 Å². The fourth-order valence-corrected chi connectivity index (χ4v) is 1.89. The van der Waals surface area contributed by atoms with Crippen LogP contribution in [-0.4, -0.2) is 37.0 Å². The number of hydrogen-bond acceptors (Lipinski definition) is 5. The Hall–Kier alpha value is -2.10. The zero-order valence-electron chi connectivity index (χ0n) is 12.5. The summed E-state index contributed by atoms with van der Waals surface area (Å²) in [5, 5.41) is 8.82. The predicted octanol–water partition coefficient (Wildman–Crippen LogP) is 1.15. The molecule has 0 aliphatic heterocycles. The lowest BCUT2D eigenvalue weighted by Gasteiger charge is -2.21. The molecular weight excluding hydrogens is 268 g/mol. The van der Waals surface area contributed by atoms with E-state index in [1.807, 2.05) is 6.92 Å². The van der Waals surface area contributed by atoms with Gasteiger partial charge in [-0.1, -0.05) is 6.92 Å². The lowest BCUT2D eigenvalue weighted by Crippen LogP contribution is -2.32. The van der Waals surface area contributed by atoms with Crippen LogP contribution in [0.3, 0.4) is 0 Å². The van der Waals surface area contributed by atoms with Crippen LogP contribution in [0.4, 0.5) is 0 Å². The SMILES string of the molecule is CCN(CCOc1ccc(C(=O)NN)cc1)CC(C)C#N. The van der Waals surface area contributed by atoms with E-state index in [9.17, 15) is 4.79 Å². The number of amides is 1. The van der Waals surface area contributed by atoms with Crippen molar-refractivity contribution in [2.45, 2.75) is 13.8 Å². The maximum absolute atomic E-state index is 11.3. The van der Waals surface area contributed by atoms with E-state index in [4.69, 9.17) is 15.8 Å². The zero-order valence-corrected chi connectivity index (χ0v) is 12.5. The van der Waals surface area contributed by atoms with Gasteiger partial charge in [0.1, 0.15) is 12.4 Å². The molecule has 6 heteroatoms. The molecule has 0 aliphatic rings. The van der Waals surface area contributed by atoms with Gasteiger partial charge in [0.05, 0.1) is 12.0 Å². The molecule has 1 aromatic carbocycles. The molecule has 0 aliphatic carbocycles. The summed E-state index contributed by atoms with van der Waals surface area (Å²) in [6.07, 6.45) is 0. The van der Waals surface area contributed by atoms with Crippen LogP contribution in [0, 0.1) is 17.2 Å². The third kappa shape index (κ3) is 5.81. The predicted molar refractivity (Wildman–Crippen MR) is 80.5 cm³/mol. The molecule has 0 aromatic heterocycles. The summed E-state index contributed by atoms with van der Waals surface area (Å²) < 4.78 is 5.63. The highest BCUT2D eigenvalue weighted by Crippen LogP contribution is 2.12. The van der Waals surface area contributed by atoms with Crippen LogP contribution in [0.15, 0.2) is 24.3 Å². The van der Waals surface area contributed by atoms with Gasteiger partial charge in [-0.05, 0) is 37.7 Å². The number of rotatable bonds is 8. The molecule has 114 valence electrons. The van der Waals surface area contributed by atoms with Crippen molar-refractivity contribution in [3.63, 3.8) is 0 Å². The number of hydrazine groups is 1. The molecule has 0 fully saturated rings. The largest absolute Gasteiger partial charge is 0.492 e. The topological polar surface area (TPSA) is 91.4 Å². The lowest BCUT2D eigenvalue weighted by atomic mass is 10.2. The molecule has 3 N–H and O–H groups in total. The Kier molecular flexibility index (Phi) is 7.23. The third-order valence-electron chi connectivity index (χ3n) is 3.12. The second kappa shape index (κ2) is 8.95. The van der Waals surface area contributed by atoms with Gasteiger partial charge < -0.3 is 4.74 Å². The Morgan fingerprint density at radius 3 is 2.67 bits per heavy atom. The summed E-state index contributed by atoms with van der Waals surface area (Å²) in [5.41, 5.74) is 2.57. The van der Waals surface area contributed by atoms with Crippen molar-refractivity contribution in [1.29, 1.82) is 5.26 Å². The highest BCUT2D eigenvalue weighted by atomic mass is 16.5. The summed E-state index contributed by atoms with van der Waals surface area (Å²) in [6.45, 7) is 6.88. The number of ether oxygens (including phenoxy) is 1. The first-order valence-electron chi connectivity index (χ1n) is 6.96. The van der Waals surface area contributed by atoms with Crippen LogP contribution >= 0.6 is 0 Å². The second-order valence-corrected chi connectivity index (χ2v) is 4.77. The van der Waals surface area contributed by atoms with Gasteiger partial charge in [-0.2, -0.15) is 5.26 Å². The van der Waals surface area contributed by atoms with Crippen LogP contribution in [-0.2, 0) is 0 Å². The number of likely N-dealkylation sites (N-methyl/N-ethyl adjacent to an activating group) is 1. The summed E-state index contributed by atoms with van der Waals surface area (Å²) in [5.74, 6) is 5.45. The van der Waals surface area contributed by atoms with Crippen LogP contribution in [0.1, 0.15) is 24.2 Å². The number of carbonyl (C=O) groups excluding carboxylic acids is 1. The van der Waals surface area contributed by atoms with E-state index >= 15 is 0 Å². The molecule has 1 aromatic rings. The van der Waals surface area contributed by atoms with Gasteiger partial charge in [-0.15, -0.1) is 0 Å². The first-order chi connectivity index (χ1) is 10.1. The molecular formula is C15H22N4O2. The Labute approximate surface area is 125 Å². The fraction of sp³-hybridized carbons (Fsp3) is 0.467. The first-order valence-corrected chi connectivity index (χ1v) is 6.96. The first kappa shape index (κ1) is 17.0. The van der Waals surface area contributed by atoms with E-state index in [0.29, 0.717) is 17.9 Å². The molecule has 1 amide bonds. The van der Waals surface area contributed by atoms with Crippen molar-refractivity contribution >= 4 is 5.91 Å². The van der Waals surface area contributed by atoms with Crippen molar-refractivity contribution in [3.05, 3.63) is 29.8 Å². The minimum Gasteiger partial charge on any atom is -0.492 e. The Bertz CT molecular complexity index is 481. The maximum atomic E-state index is 11.3. The highest BCUT2D eigenvalue weighted by Gasteiger charge is 2.08. The van der Waals surface area contributed by atoms with Crippen LogP contribution in [0.5, 0.6) is 5.75 Å². The van der Waals surface area contributed by atoms with Crippen molar-refractivity contribution in [1.82, 2.24) is 10.3 Å². The molecule has 21 heavy (non-hydrogen) atoms. The molecule has 0 spiro atoms. The Morgan fingerprint density at radius 1 is 1.48 bits per heavy atom. The van der Waals surface area contributed by atoms with Crippen molar-refractivity contribution in [3.8, 4) is 11.8 Å². The number of nitrogens with zero attached hydrogens (tertiary/aromatic N) is 2. The normalized spacial score (nSPS) is 11.8. The number of benzene rings is 1. The van der Waals surface area contributed by atoms with E-state index < -0.39 is 0 Å². The van der Waals surface area contributed by atoms with E-state index in [-0.39, 0.29) is 11.8 Å². The summed E-state index contributed by atoms with van der Waals surface area (Å²) >= 11 is 0. The van der Waals surface area contributed by atoms with Gasteiger partial charge in [0.2, 0.25) is 0 Å². The van der Waals surface area contributed by atoms with Crippen molar-refractivity contribution in [2.75, 3.05) is 26.2 Å². The summed E-state index contributed by atoms with van der Waals surface area (Å²) in [7, 11) is 0. The van der Waals surface area contributed by atoms with Gasteiger partial charge in [-0.3, -0.25) is 15.1 Å². The van der Waals surface area contributed by atoms with E-state index in [2.05, 4.69) is 23.3 Å². The van der Waals surface area contributed by atoms with Crippen LogP contribution < -0.4 is 16.0 Å². The van der Waals surface area contributed by atoms with Crippen LogP contribution in [0.25, 0.3) is 0 Å². The second-order valence-electron chi connectivity index (χ2n) is 4.77. The number of nitrogens with one attached hydrogen (secondary N) is 1. The van der Waals surface area contributed by atoms with Gasteiger partial charge in [0, 0.05) is 18.7 Å². The lowest BCUT2D eigenvalue weighted by molar-refractivity contribution is 0.0953. The average Bonchev–Trinajstić information content (AvgIpc) is 2.53. The quantitative estimate of drug-likeness (QED) is 0.426. The zero-order chi connectivity index (χ0) is 15.7. The molecule has 0 saturated heterocycles. The van der Waals surface area contributed by atoms with Crippen molar-refractivity contribution in [2.24, 2.45) is 11.8 Å². The number of carbonyl (C=O) groups is 1. The molecule has 0 bridgehead atoms. The van der Waals surface area contributed by atoms with Gasteiger partial charge in [0.25, 0.3) is 5.91 Å². The summed E-state index contributed by atoms with van der Waals surface area (Å²) in [4.78, 5) is 13.5. The number of nitriles is 1. The number of hydrogen-bond donors (Lipinski definition) is 2. The molecule has 0 radical (unpaired) electrons. The molecule has 1 atom stereocenters. The minimum absolute atomic E-state index is 0.0130. The number of nitrogens with two attached hydrogens (primary N) is 1.